The molecule has 2 saturated heterocycles. The van der Waals surface area contributed by atoms with Crippen LogP contribution in [0.5, 0.6) is 5.75 Å². The normalized spacial score (nSPS) is 28.2. The van der Waals surface area contributed by atoms with Crippen LogP contribution >= 0.6 is 0 Å². The zero-order valence-corrected chi connectivity index (χ0v) is 23.3. The van der Waals surface area contributed by atoms with E-state index in [0.29, 0.717) is 25.8 Å². The highest BCUT2D eigenvalue weighted by atomic mass is 16.5. The van der Waals surface area contributed by atoms with Gasteiger partial charge in [-0.25, -0.2) is 0 Å². The van der Waals surface area contributed by atoms with Crippen molar-refractivity contribution in [2.24, 2.45) is 17.8 Å². The van der Waals surface area contributed by atoms with Crippen LogP contribution in [0.25, 0.3) is 6.08 Å². The summed E-state index contributed by atoms with van der Waals surface area (Å²) in [7, 11) is 0.692. The fraction of sp³-hybridized carbons (Fsp3) is 0.613. The first kappa shape index (κ1) is 28.1. The van der Waals surface area contributed by atoms with Gasteiger partial charge in [-0.05, 0) is 79.6 Å². The number of rotatable bonds is 9. The highest BCUT2D eigenvalue weighted by molar-refractivity contribution is 6.43. The molecule has 1 saturated carbocycles. The van der Waals surface area contributed by atoms with Crippen LogP contribution in [-0.4, -0.2) is 59.8 Å². The second-order valence-corrected chi connectivity index (χ2v) is 11.8. The first-order valence-electron chi connectivity index (χ1n) is 14.8. The van der Waals surface area contributed by atoms with Gasteiger partial charge in [-0.15, -0.1) is 0 Å². The highest BCUT2D eigenvalue weighted by Gasteiger charge is 2.58. The van der Waals surface area contributed by atoms with Gasteiger partial charge >= 0.3 is 7.12 Å². The average molecular weight is 535 g/mol. The zero-order valence-electron chi connectivity index (χ0n) is 23.3. The number of aromatic hydroxyl groups is 1. The number of likely N-dealkylation sites (tertiary alicyclic amines) is 1. The van der Waals surface area contributed by atoms with Crippen LogP contribution in [0.3, 0.4) is 0 Å². The van der Waals surface area contributed by atoms with Crippen molar-refractivity contribution in [2.45, 2.75) is 89.6 Å². The van der Waals surface area contributed by atoms with E-state index in [0.717, 1.165) is 68.1 Å². The van der Waals surface area contributed by atoms with Gasteiger partial charge in [-0.3, -0.25) is 14.5 Å². The van der Waals surface area contributed by atoms with Gasteiger partial charge in [0, 0.05) is 13.2 Å². The quantitative estimate of drug-likeness (QED) is 0.259. The molecule has 5 rings (SSSR count). The molecular formula is C31H42BNO6. The summed E-state index contributed by atoms with van der Waals surface area (Å²) >= 11 is 0. The number of phenolic OH excluding ortho intramolecular Hbond substituents is 1. The predicted octanol–water partition coefficient (Wildman–Crippen LogP) is 5.13. The SMILES string of the molecule is CCC/C(=C\c1cccc(O)c1)CC[C@H]1OB(O)C[C@H]2C1=C(COC)C[C@H]1C(=O)N(C3CCCCC3)C(=O)[C@H]12. The maximum atomic E-state index is 13.9. The minimum absolute atomic E-state index is 0.0124. The summed E-state index contributed by atoms with van der Waals surface area (Å²) in [6.45, 7) is 2.55. The second-order valence-electron chi connectivity index (χ2n) is 11.8. The van der Waals surface area contributed by atoms with E-state index in [1.54, 1.807) is 24.1 Å². The molecule has 0 radical (unpaired) electrons. The number of nitrogens with zero attached hydrogens (tertiary/aromatic N) is 1. The van der Waals surface area contributed by atoms with Crippen LogP contribution in [0.15, 0.2) is 41.0 Å². The molecule has 0 bridgehead atoms. The number of phenols is 1. The van der Waals surface area contributed by atoms with Crippen molar-refractivity contribution in [1.82, 2.24) is 4.90 Å². The molecule has 0 unspecified atom stereocenters. The van der Waals surface area contributed by atoms with Crippen LogP contribution in [0, 0.1) is 17.8 Å². The van der Waals surface area contributed by atoms with Gasteiger partial charge < -0.3 is 19.5 Å². The summed E-state index contributed by atoms with van der Waals surface area (Å²) < 4.78 is 11.7. The summed E-state index contributed by atoms with van der Waals surface area (Å²) in [4.78, 5) is 29.1. The number of carbonyl (C=O) groups excluding carboxylic acids is 2. The Hall–Kier alpha value is -2.42. The summed E-state index contributed by atoms with van der Waals surface area (Å²) in [5.41, 5.74) is 4.34. The van der Waals surface area contributed by atoms with Gasteiger partial charge in [0.25, 0.3) is 0 Å². The summed E-state index contributed by atoms with van der Waals surface area (Å²) in [5.74, 6) is -0.831. The van der Waals surface area contributed by atoms with Crippen LogP contribution in [0.2, 0.25) is 6.32 Å². The predicted molar refractivity (Wildman–Crippen MR) is 151 cm³/mol. The number of hydrogen-bond acceptors (Lipinski definition) is 6. The molecular weight excluding hydrogens is 493 g/mol. The van der Waals surface area contributed by atoms with Crippen molar-refractivity contribution in [1.29, 1.82) is 0 Å². The Morgan fingerprint density at radius 1 is 1.15 bits per heavy atom. The fourth-order valence-electron chi connectivity index (χ4n) is 7.55. The third kappa shape index (κ3) is 5.89. The number of allylic oxidation sites excluding steroid dienone is 1. The summed E-state index contributed by atoms with van der Waals surface area (Å²) in [6.07, 6.45) is 11.1. The lowest BCUT2D eigenvalue weighted by atomic mass is 9.58. The van der Waals surface area contributed by atoms with E-state index in [1.165, 1.54) is 5.57 Å². The highest BCUT2D eigenvalue weighted by Crippen LogP contribution is 2.51. The summed E-state index contributed by atoms with van der Waals surface area (Å²) in [6, 6.07) is 7.26. The van der Waals surface area contributed by atoms with E-state index >= 15 is 0 Å². The Morgan fingerprint density at radius 2 is 1.95 bits per heavy atom. The van der Waals surface area contributed by atoms with Crippen molar-refractivity contribution in [3.8, 4) is 5.75 Å². The molecule has 1 aromatic carbocycles. The molecule has 2 heterocycles. The van der Waals surface area contributed by atoms with E-state index in [4.69, 9.17) is 9.39 Å². The molecule has 2 amide bonds. The van der Waals surface area contributed by atoms with E-state index in [9.17, 15) is 19.7 Å². The lowest BCUT2D eigenvalue weighted by Crippen LogP contribution is -2.47. The lowest BCUT2D eigenvalue weighted by Gasteiger charge is -2.43. The van der Waals surface area contributed by atoms with Crippen LogP contribution in [0.4, 0.5) is 0 Å². The number of benzene rings is 1. The Balaban J connectivity index is 1.41. The topological polar surface area (TPSA) is 96.3 Å². The molecule has 4 atom stereocenters. The molecule has 2 aliphatic heterocycles. The van der Waals surface area contributed by atoms with Crippen LogP contribution in [0.1, 0.15) is 76.7 Å². The van der Waals surface area contributed by atoms with Gasteiger partial charge in [-0.2, -0.15) is 0 Å². The first-order valence-corrected chi connectivity index (χ1v) is 14.8. The number of carbonyl (C=O) groups is 2. The molecule has 4 aliphatic rings. The van der Waals surface area contributed by atoms with Gasteiger partial charge in [0.15, 0.2) is 0 Å². The van der Waals surface area contributed by atoms with Gasteiger partial charge in [0.1, 0.15) is 5.75 Å². The van der Waals surface area contributed by atoms with Crippen molar-refractivity contribution in [3.05, 3.63) is 46.5 Å². The molecule has 210 valence electrons. The zero-order chi connectivity index (χ0) is 27.5. The molecule has 3 fully saturated rings. The number of imide groups is 1. The van der Waals surface area contributed by atoms with Crippen molar-refractivity contribution in [3.63, 3.8) is 0 Å². The molecule has 0 spiro atoms. The number of fused-ring (bicyclic) bond motifs is 3. The van der Waals surface area contributed by atoms with Gasteiger partial charge in [0.05, 0.1) is 24.5 Å². The molecule has 7 nitrogen and oxygen atoms in total. The maximum Gasteiger partial charge on any atom is 0.455 e. The minimum atomic E-state index is -0.970. The third-order valence-electron chi connectivity index (χ3n) is 9.14. The number of ether oxygens (including phenoxy) is 1. The number of methoxy groups -OCH3 is 1. The van der Waals surface area contributed by atoms with Crippen LogP contribution < -0.4 is 0 Å². The van der Waals surface area contributed by atoms with E-state index < -0.39 is 13.0 Å². The van der Waals surface area contributed by atoms with Gasteiger partial charge in [0.2, 0.25) is 11.8 Å². The number of amides is 2. The first-order chi connectivity index (χ1) is 18.9. The monoisotopic (exact) mass is 535 g/mol. The lowest BCUT2D eigenvalue weighted by molar-refractivity contribution is -0.143. The smallest absolute Gasteiger partial charge is 0.455 e. The molecule has 1 aromatic rings. The Morgan fingerprint density at radius 3 is 2.67 bits per heavy atom. The second kappa shape index (κ2) is 12.4. The fourth-order valence-corrected chi connectivity index (χ4v) is 7.55. The Bertz CT molecular complexity index is 1130. The molecule has 2 N–H and O–H groups in total. The van der Waals surface area contributed by atoms with Gasteiger partial charge in [-0.1, -0.05) is 56.4 Å². The van der Waals surface area contributed by atoms with E-state index in [-0.39, 0.29) is 41.5 Å². The van der Waals surface area contributed by atoms with E-state index in [2.05, 4.69) is 13.0 Å². The largest absolute Gasteiger partial charge is 0.508 e. The Labute approximate surface area is 232 Å². The van der Waals surface area contributed by atoms with E-state index in [1.807, 2.05) is 12.1 Å². The van der Waals surface area contributed by atoms with Crippen molar-refractivity contribution < 1.29 is 29.1 Å². The Kier molecular flexibility index (Phi) is 8.94. The molecule has 8 heteroatoms. The molecule has 2 aliphatic carbocycles. The van der Waals surface area contributed by atoms with Crippen LogP contribution in [-0.2, 0) is 19.0 Å². The maximum absolute atomic E-state index is 13.9. The van der Waals surface area contributed by atoms with Crippen molar-refractivity contribution >= 4 is 25.0 Å². The third-order valence-corrected chi connectivity index (χ3v) is 9.14. The average Bonchev–Trinajstić information content (AvgIpc) is 3.17. The number of hydrogen-bond donors (Lipinski definition) is 2. The molecule has 39 heavy (non-hydrogen) atoms. The minimum Gasteiger partial charge on any atom is -0.508 e. The summed E-state index contributed by atoms with van der Waals surface area (Å²) in [5, 5.41) is 20.7. The standard InChI is InChI=1S/C31H42BNO6/c1-3-8-20(15-21-9-7-12-24(34)16-21)13-14-27-28-22(19-38-2)17-25-29(26(28)18-32(37)39-27)31(36)33(30(25)35)23-10-5-4-6-11-23/h7,9,12,15-16,23,25-27,29,34,37H,3-6,8,10-11,13-14,17-19H2,1-2H3/b20-15+/t25-,26+,27-,29-/m1/s1. The molecule has 0 aromatic heterocycles. The van der Waals surface area contributed by atoms with Crippen molar-refractivity contribution in [2.75, 3.05) is 13.7 Å².